The van der Waals surface area contributed by atoms with Crippen LogP contribution < -0.4 is 10.1 Å². The van der Waals surface area contributed by atoms with Crippen molar-refractivity contribution in [3.8, 4) is 11.6 Å². The summed E-state index contributed by atoms with van der Waals surface area (Å²) in [6, 6.07) is 9.16. The van der Waals surface area contributed by atoms with Gasteiger partial charge >= 0.3 is 12.2 Å². The number of nitrogens with one attached hydrogen (secondary N) is 1. The number of piperidine rings is 1. The lowest BCUT2D eigenvalue weighted by Crippen LogP contribution is -2.42. The van der Waals surface area contributed by atoms with Gasteiger partial charge in [0.25, 0.3) is 0 Å². The molecule has 0 radical (unpaired) electrons. The lowest BCUT2D eigenvalue weighted by Gasteiger charge is -2.33. The fourth-order valence-electron chi connectivity index (χ4n) is 3.67. The zero-order chi connectivity index (χ0) is 24.3. The number of halogens is 3. The number of nitrogens with zero attached hydrogens (tertiary/aromatic N) is 3. The number of alkyl halides is 3. The van der Waals surface area contributed by atoms with Crippen molar-refractivity contribution in [1.29, 1.82) is 0 Å². The van der Waals surface area contributed by atoms with Gasteiger partial charge in [0.2, 0.25) is 5.88 Å². The Balaban J connectivity index is 1.39. The summed E-state index contributed by atoms with van der Waals surface area (Å²) in [6.45, 7) is 4.92. The number of carbonyl (C=O) groups is 1. The summed E-state index contributed by atoms with van der Waals surface area (Å²) in [4.78, 5) is 18.1. The Kier molecular flexibility index (Phi) is 6.58. The van der Waals surface area contributed by atoms with Crippen LogP contribution in [0.1, 0.15) is 30.2 Å². The van der Waals surface area contributed by atoms with Crippen molar-refractivity contribution in [2.24, 2.45) is 5.92 Å². The standard InChI is InChI=1S/C24H23F3N4O3/c1-15-14-31(23(32)30-21-13-29-34-16(21)2)9-8-18(15)10-17-4-3-5-20(11-17)33-22-7-6-19(12-28-22)24(25,26)27/h3-7,10-13,15H,8-9,14H2,1-2H3,(H,30,32)/b18-10+. The molecule has 2 aromatic heterocycles. The first-order valence-electron chi connectivity index (χ1n) is 10.7. The molecule has 1 atom stereocenters. The molecule has 1 fully saturated rings. The van der Waals surface area contributed by atoms with Crippen LogP contribution in [0.3, 0.4) is 0 Å². The van der Waals surface area contributed by atoms with Crippen molar-refractivity contribution < 1.29 is 27.2 Å². The second-order valence-corrected chi connectivity index (χ2v) is 8.10. The van der Waals surface area contributed by atoms with E-state index in [1.54, 1.807) is 30.0 Å². The van der Waals surface area contributed by atoms with Crippen molar-refractivity contribution in [3.05, 3.63) is 71.3 Å². The third-order valence-corrected chi connectivity index (χ3v) is 5.57. The van der Waals surface area contributed by atoms with E-state index < -0.39 is 11.7 Å². The lowest BCUT2D eigenvalue weighted by molar-refractivity contribution is -0.137. The fourth-order valence-corrected chi connectivity index (χ4v) is 3.67. The number of urea groups is 1. The molecule has 10 heteroatoms. The first-order chi connectivity index (χ1) is 16.2. The molecule has 3 aromatic rings. The van der Waals surface area contributed by atoms with Crippen LogP contribution in [0, 0.1) is 12.8 Å². The smallest absolute Gasteiger partial charge is 0.417 e. The second kappa shape index (κ2) is 9.58. The molecule has 1 aliphatic rings. The van der Waals surface area contributed by atoms with Gasteiger partial charge in [-0.15, -0.1) is 0 Å². The van der Waals surface area contributed by atoms with Crippen LogP contribution >= 0.6 is 0 Å². The number of benzene rings is 1. The quantitative estimate of drug-likeness (QED) is 0.493. The predicted molar refractivity (Wildman–Crippen MR) is 119 cm³/mol. The van der Waals surface area contributed by atoms with Crippen molar-refractivity contribution in [3.63, 3.8) is 0 Å². The first kappa shape index (κ1) is 23.3. The average Bonchev–Trinajstić information content (AvgIpc) is 3.19. The van der Waals surface area contributed by atoms with Crippen LogP contribution in [0.15, 0.2) is 58.9 Å². The van der Waals surface area contributed by atoms with Gasteiger partial charge < -0.3 is 19.5 Å². The van der Waals surface area contributed by atoms with Gasteiger partial charge in [-0.3, -0.25) is 0 Å². The molecular formula is C24H23F3N4O3. The molecule has 4 rings (SSSR count). The monoisotopic (exact) mass is 472 g/mol. The molecule has 1 saturated heterocycles. The largest absolute Gasteiger partial charge is 0.439 e. The Morgan fingerprint density at radius 1 is 1.26 bits per heavy atom. The third kappa shape index (κ3) is 5.56. The van der Waals surface area contributed by atoms with E-state index in [9.17, 15) is 18.0 Å². The summed E-state index contributed by atoms with van der Waals surface area (Å²) in [6.07, 6.45) is 0.540. The summed E-state index contributed by atoms with van der Waals surface area (Å²) >= 11 is 0. The predicted octanol–water partition coefficient (Wildman–Crippen LogP) is 6.15. The number of carbonyl (C=O) groups excluding carboxylic acids is 1. The Hall–Kier alpha value is -3.82. The van der Waals surface area contributed by atoms with E-state index in [2.05, 4.69) is 28.5 Å². The van der Waals surface area contributed by atoms with Gasteiger partial charge in [-0.2, -0.15) is 13.2 Å². The summed E-state index contributed by atoms with van der Waals surface area (Å²) < 4.78 is 48.7. The second-order valence-electron chi connectivity index (χ2n) is 8.10. The highest BCUT2D eigenvalue weighted by Gasteiger charge is 2.30. The average molecular weight is 472 g/mol. The van der Waals surface area contributed by atoms with E-state index in [4.69, 9.17) is 9.26 Å². The zero-order valence-electron chi connectivity index (χ0n) is 18.6. The molecule has 1 N–H and O–H groups in total. The Morgan fingerprint density at radius 2 is 2.09 bits per heavy atom. The molecule has 1 aliphatic heterocycles. The van der Waals surface area contributed by atoms with Crippen molar-refractivity contribution in [2.45, 2.75) is 26.4 Å². The number of rotatable bonds is 4. The highest BCUT2D eigenvalue weighted by molar-refractivity contribution is 5.89. The van der Waals surface area contributed by atoms with Gasteiger partial charge in [0.1, 0.15) is 11.4 Å². The zero-order valence-corrected chi connectivity index (χ0v) is 18.6. The van der Waals surface area contributed by atoms with Crippen LogP contribution in [0.4, 0.5) is 23.7 Å². The van der Waals surface area contributed by atoms with Crippen LogP contribution in [0.2, 0.25) is 0 Å². The Bertz CT molecular complexity index is 1190. The number of pyridine rings is 1. The number of anilines is 1. The summed E-state index contributed by atoms with van der Waals surface area (Å²) in [5.74, 6) is 1.24. The molecular weight excluding hydrogens is 449 g/mol. The number of aryl methyl sites for hydroxylation is 1. The fraction of sp³-hybridized carbons (Fsp3) is 0.292. The Morgan fingerprint density at radius 3 is 2.74 bits per heavy atom. The van der Waals surface area contributed by atoms with E-state index in [-0.39, 0.29) is 17.8 Å². The molecule has 0 aliphatic carbocycles. The van der Waals surface area contributed by atoms with E-state index in [1.807, 2.05) is 6.07 Å². The topological polar surface area (TPSA) is 80.5 Å². The molecule has 34 heavy (non-hydrogen) atoms. The molecule has 7 nitrogen and oxygen atoms in total. The minimum Gasteiger partial charge on any atom is -0.439 e. The molecule has 1 aromatic carbocycles. The van der Waals surface area contributed by atoms with E-state index in [0.717, 1.165) is 17.8 Å². The SMILES string of the molecule is Cc1oncc1NC(=O)N1CC/C(=C\c2cccc(Oc3ccc(C(F)(F)F)cn3)c2)C(C)C1. The van der Waals surface area contributed by atoms with Crippen LogP contribution in [-0.2, 0) is 6.18 Å². The van der Waals surface area contributed by atoms with Crippen LogP contribution in [-0.4, -0.2) is 34.2 Å². The molecule has 178 valence electrons. The summed E-state index contributed by atoms with van der Waals surface area (Å²) in [5, 5.41) is 6.48. The number of aromatic nitrogens is 2. The summed E-state index contributed by atoms with van der Waals surface area (Å²) in [5.41, 5.74) is 1.81. The maximum atomic E-state index is 12.7. The van der Waals surface area contributed by atoms with E-state index >= 15 is 0 Å². The van der Waals surface area contributed by atoms with Crippen molar-refractivity contribution in [2.75, 3.05) is 18.4 Å². The minimum atomic E-state index is -4.44. The highest BCUT2D eigenvalue weighted by Crippen LogP contribution is 2.31. The van der Waals surface area contributed by atoms with Crippen LogP contribution in [0.5, 0.6) is 11.6 Å². The first-order valence-corrected chi connectivity index (χ1v) is 10.7. The van der Waals surface area contributed by atoms with Gasteiger partial charge in [-0.05, 0) is 43.0 Å². The summed E-state index contributed by atoms with van der Waals surface area (Å²) in [7, 11) is 0. The van der Waals surface area contributed by atoms with Crippen LogP contribution in [0.25, 0.3) is 6.08 Å². The van der Waals surface area contributed by atoms with Gasteiger partial charge in [-0.25, -0.2) is 9.78 Å². The van der Waals surface area contributed by atoms with Crippen molar-refractivity contribution >= 4 is 17.8 Å². The van der Waals surface area contributed by atoms with Gasteiger partial charge in [0, 0.05) is 25.4 Å². The third-order valence-electron chi connectivity index (χ3n) is 5.57. The van der Waals surface area contributed by atoms with Gasteiger partial charge in [0.15, 0.2) is 5.76 Å². The molecule has 0 spiro atoms. The maximum Gasteiger partial charge on any atom is 0.417 e. The number of likely N-dealkylation sites (tertiary alicyclic amines) is 1. The minimum absolute atomic E-state index is 0.0774. The number of hydrogen-bond donors (Lipinski definition) is 1. The van der Waals surface area contributed by atoms with Gasteiger partial charge in [-0.1, -0.05) is 35.9 Å². The van der Waals surface area contributed by atoms with Gasteiger partial charge in [0.05, 0.1) is 11.8 Å². The molecule has 0 saturated carbocycles. The molecule has 2 amide bonds. The molecule has 3 heterocycles. The maximum absolute atomic E-state index is 12.7. The normalized spacial score (nSPS) is 17.6. The van der Waals surface area contributed by atoms with Crippen molar-refractivity contribution in [1.82, 2.24) is 15.0 Å². The highest BCUT2D eigenvalue weighted by atomic mass is 19.4. The lowest BCUT2D eigenvalue weighted by atomic mass is 9.91. The number of hydrogen-bond acceptors (Lipinski definition) is 5. The molecule has 1 unspecified atom stereocenters. The Labute approximate surface area is 194 Å². The van der Waals surface area contributed by atoms with E-state index in [1.165, 1.54) is 17.8 Å². The number of ether oxygens (including phenoxy) is 1. The molecule has 0 bridgehead atoms. The van der Waals surface area contributed by atoms with E-state index in [0.29, 0.717) is 36.7 Å². The number of amides is 2.